The SMILES string of the molecule is Cc1cscn1.Cc1cscn1.[Ru+3]. The van der Waals surface area contributed by atoms with Gasteiger partial charge in [-0.25, -0.2) is 0 Å². The molecule has 0 atom stereocenters. The Labute approximate surface area is 98.8 Å². The van der Waals surface area contributed by atoms with Gasteiger partial charge < -0.3 is 0 Å². The van der Waals surface area contributed by atoms with E-state index in [0.717, 1.165) is 11.4 Å². The Bertz CT molecular complexity index is 260. The third-order valence-electron chi connectivity index (χ3n) is 1.11. The smallest absolute Gasteiger partial charge is 0.250 e. The summed E-state index contributed by atoms with van der Waals surface area (Å²) in [6.07, 6.45) is 0. The van der Waals surface area contributed by atoms with Crippen molar-refractivity contribution in [3.05, 3.63) is 33.2 Å². The van der Waals surface area contributed by atoms with Gasteiger partial charge >= 0.3 is 19.5 Å². The standard InChI is InChI=1S/2C4H5NS.Ru/c2*1-4-2-6-3-5-4;/h2*2-3H,1H3;/q;;+3. The Balaban J connectivity index is 0.000000206. The Morgan fingerprint density at radius 3 is 1.38 bits per heavy atom. The van der Waals surface area contributed by atoms with E-state index in [0.29, 0.717) is 0 Å². The van der Waals surface area contributed by atoms with Crippen LogP contribution < -0.4 is 0 Å². The van der Waals surface area contributed by atoms with Crippen molar-refractivity contribution in [2.45, 2.75) is 13.8 Å². The summed E-state index contributed by atoms with van der Waals surface area (Å²) in [7, 11) is 0. The molecule has 0 aliphatic rings. The zero-order valence-corrected chi connectivity index (χ0v) is 10.7. The Kier molecular flexibility index (Phi) is 7.24. The van der Waals surface area contributed by atoms with Crippen molar-refractivity contribution in [2.75, 3.05) is 0 Å². The summed E-state index contributed by atoms with van der Waals surface area (Å²) < 4.78 is 0. The van der Waals surface area contributed by atoms with Crippen molar-refractivity contribution < 1.29 is 19.5 Å². The van der Waals surface area contributed by atoms with E-state index in [4.69, 9.17) is 0 Å². The molecule has 0 aliphatic heterocycles. The molecule has 0 saturated carbocycles. The fourth-order valence-corrected chi connectivity index (χ4v) is 1.64. The minimum absolute atomic E-state index is 0. The molecule has 13 heavy (non-hydrogen) atoms. The first-order valence-electron chi connectivity index (χ1n) is 3.48. The molecule has 0 saturated heterocycles. The van der Waals surface area contributed by atoms with Crippen LogP contribution in [0.3, 0.4) is 0 Å². The molecule has 2 heterocycles. The number of thiazole rings is 2. The van der Waals surface area contributed by atoms with Crippen molar-refractivity contribution in [1.29, 1.82) is 0 Å². The normalized spacial score (nSPS) is 8.15. The summed E-state index contributed by atoms with van der Waals surface area (Å²) in [5.74, 6) is 0. The van der Waals surface area contributed by atoms with Crippen LogP contribution >= 0.6 is 22.7 Å². The molecule has 69 valence electrons. The molecule has 0 unspecified atom stereocenters. The van der Waals surface area contributed by atoms with Crippen LogP contribution in [0.2, 0.25) is 0 Å². The van der Waals surface area contributed by atoms with Gasteiger partial charge in [0.2, 0.25) is 0 Å². The summed E-state index contributed by atoms with van der Waals surface area (Å²) in [5.41, 5.74) is 5.88. The molecule has 2 aromatic rings. The third kappa shape index (κ3) is 6.02. The number of nitrogens with zero attached hydrogens (tertiary/aromatic N) is 2. The van der Waals surface area contributed by atoms with E-state index < -0.39 is 0 Å². The van der Waals surface area contributed by atoms with E-state index >= 15 is 0 Å². The molecule has 1 radical (unpaired) electrons. The first kappa shape index (κ1) is 12.9. The molecule has 0 aromatic carbocycles. The van der Waals surface area contributed by atoms with Crippen LogP contribution in [0.5, 0.6) is 0 Å². The van der Waals surface area contributed by atoms with Crippen LogP contribution in [0, 0.1) is 13.8 Å². The second kappa shape index (κ2) is 7.30. The van der Waals surface area contributed by atoms with Crippen LogP contribution in [0.25, 0.3) is 0 Å². The van der Waals surface area contributed by atoms with Crippen LogP contribution in [-0.2, 0) is 19.5 Å². The molecule has 0 fully saturated rings. The second-order valence-corrected chi connectivity index (χ2v) is 3.70. The van der Waals surface area contributed by atoms with Gasteiger partial charge in [0, 0.05) is 22.1 Å². The molecule has 2 aromatic heterocycles. The van der Waals surface area contributed by atoms with Gasteiger partial charge in [-0.05, 0) is 13.8 Å². The van der Waals surface area contributed by atoms with Crippen molar-refractivity contribution in [3.63, 3.8) is 0 Å². The van der Waals surface area contributed by atoms with Gasteiger partial charge in [-0.3, -0.25) is 9.97 Å². The number of rotatable bonds is 0. The van der Waals surface area contributed by atoms with E-state index in [2.05, 4.69) is 9.97 Å². The number of hydrogen-bond acceptors (Lipinski definition) is 4. The van der Waals surface area contributed by atoms with E-state index in [1.165, 1.54) is 0 Å². The molecule has 0 spiro atoms. The van der Waals surface area contributed by atoms with Gasteiger partial charge in [0.1, 0.15) is 0 Å². The largest absolute Gasteiger partial charge is 3.00 e. The predicted octanol–water partition coefficient (Wildman–Crippen LogP) is 2.90. The van der Waals surface area contributed by atoms with Gasteiger partial charge in [0.05, 0.1) is 11.0 Å². The Hall–Kier alpha value is -0.117. The predicted molar refractivity (Wildman–Crippen MR) is 53.7 cm³/mol. The van der Waals surface area contributed by atoms with E-state index in [-0.39, 0.29) is 19.5 Å². The first-order chi connectivity index (χ1) is 5.79. The van der Waals surface area contributed by atoms with Crippen LogP contribution in [0.15, 0.2) is 21.8 Å². The van der Waals surface area contributed by atoms with Crippen molar-refractivity contribution in [1.82, 2.24) is 9.97 Å². The topological polar surface area (TPSA) is 25.8 Å². The van der Waals surface area contributed by atoms with Crippen molar-refractivity contribution >= 4 is 22.7 Å². The average molecular weight is 299 g/mol. The molecule has 0 N–H and O–H groups in total. The minimum Gasteiger partial charge on any atom is -0.250 e. The molecular weight excluding hydrogens is 289 g/mol. The fraction of sp³-hybridized carbons (Fsp3) is 0.250. The number of aromatic nitrogens is 2. The monoisotopic (exact) mass is 300 g/mol. The maximum absolute atomic E-state index is 3.94. The van der Waals surface area contributed by atoms with Gasteiger partial charge in [-0.1, -0.05) is 0 Å². The van der Waals surface area contributed by atoms with Gasteiger partial charge in [0.15, 0.2) is 0 Å². The van der Waals surface area contributed by atoms with Gasteiger partial charge in [0.25, 0.3) is 0 Å². The first-order valence-corrected chi connectivity index (χ1v) is 5.37. The number of hydrogen-bond donors (Lipinski definition) is 0. The van der Waals surface area contributed by atoms with Crippen LogP contribution in [0.1, 0.15) is 11.4 Å². The van der Waals surface area contributed by atoms with E-state index in [9.17, 15) is 0 Å². The minimum atomic E-state index is 0. The summed E-state index contributed by atoms with van der Waals surface area (Å²) in [6.45, 7) is 3.97. The summed E-state index contributed by atoms with van der Waals surface area (Å²) in [5, 5.41) is 4.03. The third-order valence-corrected chi connectivity index (χ3v) is 2.52. The molecule has 0 amide bonds. The number of aryl methyl sites for hydroxylation is 2. The van der Waals surface area contributed by atoms with Crippen molar-refractivity contribution in [2.24, 2.45) is 0 Å². The zero-order chi connectivity index (χ0) is 8.81. The van der Waals surface area contributed by atoms with E-state index in [1.807, 2.05) is 35.6 Å². The van der Waals surface area contributed by atoms with Gasteiger partial charge in [-0.2, -0.15) is 0 Å². The molecule has 0 bridgehead atoms. The van der Waals surface area contributed by atoms with Crippen LogP contribution in [-0.4, -0.2) is 9.97 Å². The maximum Gasteiger partial charge on any atom is 3.00 e. The second-order valence-electron chi connectivity index (χ2n) is 2.26. The van der Waals surface area contributed by atoms with Crippen molar-refractivity contribution in [3.8, 4) is 0 Å². The summed E-state index contributed by atoms with van der Waals surface area (Å²) in [4.78, 5) is 7.87. The summed E-state index contributed by atoms with van der Waals surface area (Å²) >= 11 is 3.26. The average Bonchev–Trinajstić information content (AvgIpc) is 2.63. The molecule has 0 aliphatic carbocycles. The van der Waals surface area contributed by atoms with Gasteiger partial charge in [-0.15, -0.1) is 22.7 Å². The molecule has 2 rings (SSSR count). The molecular formula is C8H10N2RuS2+3. The quantitative estimate of drug-likeness (QED) is 0.699. The zero-order valence-electron chi connectivity index (χ0n) is 7.37. The fourth-order valence-electron chi connectivity index (χ4n) is 0.546. The maximum atomic E-state index is 3.94. The molecule has 2 nitrogen and oxygen atoms in total. The molecule has 5 heteroatoms. The van der Waals surface area contributed by atoms with Crippen LogP contribution in [0.4, 0.5) is 0 Å². The Morgan fingerprint density at radius 2 is 1.31 bits per heavy atom. The summed E-state index contributed by atoms with van der Waals surface area (Å²) in [6, 6.07) is 0. The van der Waals surface area contributed by atoms with E-state index in [1.54, 1.807) is 22.7 Å². The Morgan fingerprint density at radius 1 is 0.923 bits per heavy atom.